The maximum absolute atomic E-state index is 12.9. The van der Waals surface area contributed by atoms with Gasteiger partial charge in [-0.2, -0.15) is 13.2 Å². The van der Waals surface area contributed by atoms with Gasteiger partial charge in [0.25, 0.3) is 0 Å². The maximum Gasteiger partial charge on any atom is 0.418 e. The van der Waals surface area contributed by atoms with Gasteiger partial charge in [-0.1, -0.05) is 30.3 Å². The van der Waals surface area contributed by atoms with Gasteiger partial charge in [0, 0.05) is 5.39 Å². The zero-order valence-electron chi connectivity index (χ0n) is 11.1. The van der Waals surface area contributed by atoms with Gasteiger partial charge >= 0.3 is 6.18 Å². The molecule has 0 saturated heterocycles. The summed E-state index contributed by atoms with van der Waals surface area (Å²) in [7, 11) is 0. The Hall–Kier alpha value is -2.83. The van der Waals surface area contributed by atoms with E-state index in [-0.39, 0.29) is 17.3 Å². The number of hydrogen-bond acceptors (Lipinski definition) is 3. The maximum atomic E-state index is 12.9. The van der Waals surface area contributed by atoms with Crippen molar-refractivity contribution in [2.24, 2.45) is 10.2 Å². The van der Waals surface area contributed by atoms with E-state index in [2.05, 4.69) is 15.2 Å². The molecule has 0 unspecified atom stereocenters. The van der Waals surface area contributed by atoms with Gasteiger partial charge in [0.1, 0.15) is 0 Å². The fourth-order valence-electron chi connectivity index (χ4n) is 2.12. The van der Waals surface area contributed by atoms with Gasteiger partial charge in [-0.15, -0.1) is 10.2 Å². The molecule has 1 aromatic heterocycles. The van der Waals surface area contributed by atoms with E-state index in [0.29, 0.717) is 10.9 Å². The van der Waals surface area contributed by atoms with E-state index in [1.165, 1.54) is 18.2 Å². The fraction of sp³-hybridized carbons (Fsp3) is 0.0667. The fourth-order valence-corrected chi connectivity index (χ4v) is 2.12. The highest BCUT2D eigenvalue weighted by atomic mass is 19.4. The molecule has 0 aliphatic rings. The number of nitrogens with zero attached hydrogens (tertiary/aromatic N) is 2. The summed E-state index contributed by atoms with van der Waals surface area (Å²) in [5.74, 6) is -0.241. The first-order valence-electron chi connectivity index (χ1n) is 6.34. The number of nitrogens with one attached hydrogen (secondary N) is 1. The van der Waals surface area contributed by atoms with Crippen molar-refractivity contribution >= 4 is 22.3 Å². The standard InChI is InChI=1S/C15H10F3N3O/c16-15(17,18)10-6-2-4-8-12(10)20-21-13-9-5-1-3-7-11(9)19-14(13)22/h1-8,19,22H. The molecule has 0 atom stereocenters. The topological polar surface area (TPSA) is 60.7 Å². The van der Waals surface area contributed by atoms with Crippen LogP contribution in [0.4, 0.5) is 24.5 Å². The Labute approximate surface area is 122 Å². The molecule has 0 fully saturated rings. The van der Waals surface area contributed by atoms with Crippen molar-refractivity contribution in [3.63, 3.8) is 0 Å². The molecule has 3 rings (SSSR count). The molecule has 22 heavy (non-hydrogen) atoms. The van der Waals surface area contributed by atoms with Crippen LogP contribution in [0.25, 0.3) is 10.9 Å². The summed E-state index contributed by atoms with van der Waals surface area (Å²) in [4.78, 5) is 2.69. The SMILES string of the molecule is Oc1[nH]c2ccccc2c1N=Nc1ccccc1C(F)(F)F. The Morgan fingerprint density at radius 3 is 2.36 bits per heavy atom. The minimum Gasteiger partial charge on any atom is -0.493 e. The van der Waals surface area contributed by atoms with Crippen LogP contribution in [-0.2, 0) is 6.18 Å². The van der Waals surface area contributed by atoms with Crippen LogP contribution in [0, 0.1) is 0 Å². The number of fused-ring (bicyclic) bond motifs is 1. The quantitative estimate of drug-likeness (QED) is 0.619. The van der Waals surface area contributed by atoms with Crippen LogP contribution in [0.1, 0.15) is 5.56 Å². The largest absolute Gasteiger partial charge is 0.493 e. The molecule has 2 N–H and O–H groups in total. The number of hydrogen-bond donors (Lipinski definition) is 2. The number of H-pyrrole nitrogens is 1. The number of para-hydroxylation sites is 1. The Morgan fingerprint density at radius 2 is 1.59 bits per heavy atom. The molecule has 0 aliphatic carbocycles. The number of aromatic hydroxyl groups is 1. The third-order valence-electron chi connectivity index (χ3n) is 3.13. The lowest BCUT2D eigenvalue weighted by molar-refractivity contribution is -0.137. The molecule has 3 aromatic rings. The number of halogens is 3. The molecule has 0 amide bonds. The third-order valence-corrected chi connectivity index (χ3v) is 3.13. The first kappa shape index (κ1) is 14.1. The summed E-state index contributed by atoms with van der Waals surface area (Å²) in [6.07, 6.45) is -4.52. The van der Waals surface area contributed by atoms with Gasteiger partial charge in [0.2, 0.25) is 5.88 Å². The van der Waals surface area contributed by atoms with E-state index < -0.39 is 11.7 Å². The summed E-state index contributed by atoms with van der Waals surface area (Å²) in [6.45, 7) is 0. The number of azo groups is 1. The molecule has 7 heteroatoms. The van der Waals surface area contributed by atoms with Crippen molar-refractivity contribution in [3.8, 4) is 5.88 Å². The summed E-state index contributed by atoms with van der Waals surface area (Å²) in [5, 5.41) is 17.8. The second kappa shape index (κ2) is 5.18. The molecule has 1 heterocycles. The number of aromatic amines is 1. The van der Waals surface area contributed by atoms with Gasteiger partial charge in [-0.05, 0) is 18.2 Å². The second-order valence-corrected chi connectivity index (χ2v) is 4.58. The van der Waals surface area contributed by atoms with E-state index in [1.54, 1.807) is 24.3 Å². The van der Waals surface area contributed by atoms with Crippen molar-refractivity contribution < 1.29 is 18.3 Å². The lowest BCUT2D eigenvalue weighted by Gasteiger charge is -2.08. The Bertz CT molecular complexity index is 853. The van der Waals surface area contributed by atoms with Gasteiger partial charge in [-0.25, -0.2) is 0 Å². The molecular weight excluding hydrogens is 295 g/mol. The number of benzene rings is 2. The predicted octanol–water partition coefficient (Wildman–Crippen LogP) is 5.31. The van der Waals surface area contributed by atoms with Crippen LogP contribution in [-0.4, -0.2) is 10.1 Å². The van der Waals surface area contributed by atoms with E-state index in [1.807, 2.05) is 0 Å². The van der Waals surface area contributed by atoms with Crippen LogP contribution in [0.3, 0.4) is 0 Å². The molecule has 0 radical (unpaired) electrons. The smallest absolute Gasteiger partial charge is 0.418 e. The normalized spacial score (nSPS) is 12.3. The lowest BCUT2D eigenvalue weighted by Crippen LogP contribution is -2.04. The average molecular weight is 305 g/mol. The summed E-state index contributed by atoms with van der Waals surface area (Å²) >= 11 is 0. The van der Waals surface area contributed by atoms with E-state index in [4.69, 9.17) is 0 Å². The monoisotopic (exact) mass is 305 g/mol. The molecule has 0 spiro atoms. The third kappa shape index (κ3) is 2.52. The molecule has 0 aliphatic heterocycles. The van der Waals surface area contributed by atoms with Gasteiger partial charge in [-0.3, -0.25) is 0 Å². The van der Waals surface area contributed by atoms with E-state index in [0.717, 1.165) is 6.07 Å². The van der Waals surface area contributed by atoms with Gasteiger partial charge < -0.3 is 10.1 Å². The number of rotatable bonds is 2. The first-order chi connectivity index (χ1) is 10.5. The summed E-state index contributed by atoms with van der Waals surface area (Å²) in [5.41, 5.74) is -0.455. The number of aromatic nitrogens is 1. The molecule has 0 saturated carbocycles. The van der Waals surface area contributed by atoms with E-state index >= 15 is 0 Å². The van der Waals surface area contributed by atoms with E-state index in [9.17, 15) is 18.3 Å². The van der Waals surface area contributed by atoms with Gasteiger partial charge in [0.05, 0.1) is 16.8 Å². The Kier molecular flexibility index (Phi) is 3.32. The zero-order chi connectivity index (χ0) is 15.7. The second-order valence-electron chi connectivity index (χ2n) is 4.58. The highest BCUT2D eigenvalue weighted by Gasteiger charge is 2.33. The van der Waals surface area contributed by atoms with Crippen LogP contribution in [0.15, 0.2) is 58.8 Å². The zero-order valence-corrected chi connectivity index (χ0v) is 11.1. The van der Waals surface area contributed by atoms with Crippen LogP contribution >= 0.6 is 0 Å². The average Bonchev–Trinajstić information content (AvgIpc) is 2.80. The molecular formula is C15H10F3N3O. The Morgan fingerprint density at radius 1 is 0.909 bits per heavy atom. The van der Waals surface area contributed by atoms with Crippen LogP contribution in [0.5, 0.6) is 5.88 Å². The summed E-state index contributed by atoms with van der Waals surface area (Å²) in [6, 6.07) is 11.8. The molecule has 4 nitrogen and oxygen atoms in total. The summed E-state index contributed by atoms with van der Waals surface area (Å²) < 4.78 is 38.7. The first-order valence-corrected chi connectivity index (χ1v) is 6.34. The van der Waals surface area contributed by atoms with Crippen molar-refractivity contribution in [1.82, 2.24) is 4.98 Å². The highest BCUT2D eigenvalue weighted by Crippen LogP contribution is 2.39. The molecule has 0 bridgehead atoms. The lowest BCUT2D eigenvalue weighted by atomic mass is 10.2. The Balaban J connectivity index is 2.06. The van der Waals surface area contributed by atoms with Crippen molar-refractivity contribution in [1.29, 1.82) is 0 Å². The van der Waals surface area contributed by atoms with Crippen molar-refractivity contribution in [3.05, 3.63) is 54.1 Å². The van der Waals surface area contributed by atoms with Crippen molar-refractivity contribution in [2.75, 3.05) is 0 Å². The number of alkyl halides is 3. The van der Waals surface area contributed by atoms with Crippen molar-refractivity contribution in [2.45, 2.75) is 6.18 Å². The van der Waals surface area contributed by atoms with Crippen LogP contribution < -0.4 is 0 Å². The highest BCUT2D eigenvalue weighted by molar-refractivity contribution is 5.94. The molecule has 2 aromatic carbocycles. The minimum atomic E-state index is -4.52. The van der Waals surface area contributed by atoms with Gasteiger partial charge in [0.15, 0.2) is 5.69 Å². The molecule has 112 valence electrons. The minimum absolute atomic E-state index is 0.104. The predicted molar refractivity (Wildman–Crippen MR) is 75.6 cm³/mol. The van der Waals surface area contributed by atoms with Crippen LogP contribution in [0.2, 0.25) is 0 Å².